The van der Waals surface area contributed by atoms with Crippen LogP contribution in [0.15, 0.2) is 72.4 Å². The van der Waals surface area contributed by atoms with Crippen molar-refractivity contribution >= 4 is 34.7 Å². The van der Waals surface area contributed by atoms with Crippen molar-refractivity contribution in [2.45, 2.75) is 13.3 Å². The van der Waals surface area contributed by atoms with Crippen LogP contribution in [-0.4, -0.2) is 30.4 Å². The molecule has 0 fully saturated rings. The molecular formula is C26H22ClFN2O3. The number of amides is 2. The van der Waals surface area contributed by atoms with Crippen LogP contribution in [0.1, 0.15) is 16.7 Å². The number of carbonyl (C=O) groups excluding carboxylic acids is 2. The van der Waals surface area contributed by atoms with Crippen molar-refractivity contribution in [1.29, 1.82) is 0 Å². The fraction of sp³-hybridized carbons (Fsp3) is 0.154. The smallest absolute Gasteiger partial charge is 0.278 e. The molecule has 1 heterocycles. The Hall–Kier alpha value is -3.64. The van der Waals surface area contributed by atoms with Gasteiger partial charge in [0.25, 0.3) is 11.8 Å². The molecule has 0 aliphatic carbocycles. The summed E-state index contributed by atoms with van der Waals surface area (Å²) in [5.74, 6) is -0.775. The molecule has 0 aromatic heterocycles. The van der Waals surface area contributed by atoms with Gasteiger partial charge in [0.05, 0.1) is 18.4 Å². The van der Waals surface area contributed by atoms with E-state index in [1.165, 1.54) is 36.3 Å². The first kappa shape index (κ1) is 22.6. The molecule has 0 saturated carbocycles. The first-order valence-electron chi connectivity index (χ1n) is 10.4. The molecule has 0 radical (unpaired) electrons. The molecule has 0 unspecified atom stereocenters. The van der Waals surface area contributed by atoms with E-state index in [1.807, 2.05) is 31.2 Å². The van der Waals surface area contributed by atoms with E-state index in [0.29, 0.717) is 28.4 Å². The predicted molar refractivity (Wildman–Crippen MR) is 127 cm³/mol. The van der Waals surface area contributed by atoms with Gasteiger partial charge in [-0.15, -0.1) is 0 Å². The Morgan fingerprint density at radius 1 is 0.970 bits per heavy atom. The molecular weight excluding hydrogens is 443 g/mol. The Bertz CT molecular complexity index is 1240. The predicted octanol–water partition coefficient (Wildman–Crippen LogP) is 5.23. The summed E-state index contributed by atoms with van der Waals surface area (Å²) in [5, 5.41) is 3.73. The lowest BCUT2D eigenvalue weighted by Crippen LogP contribution is -2.34. The second-order valence-electron chi connectivity index (χ2n) is 7.72. The van der Waals surface area contributed by atoms with E-state index < -0.39 is 17.6 Å². The molecule has 168 valence electrons. The number of rotatable bonds is 7. The topological polar surface area (TPSA) is 58.6 Å². The number of halogens is 2. The van der Waals surface area contributed by atoms with Crippen molar-refractivity contribution in [2.75, 3.05) is 19.0 Å². The summed E-state index contributed by atoms with van der Waals surface area (Å²) in [5.41, 5.74) is 3.25. The van der Waals surface area contributed by atoms with Gasteiger partial charge in [0.15, 0.2) is 0 Å². The average Bonchev–Trinajstić information content (AvgIpc) is 3.03. The molecule has 1 aliphatic rings. The minimum Gasteiger partial charge on any atom is -0.495 e. The van der Waals surface area contributed by atoms with Gasteiger partial charge in [0.1, 0.15) is 17.3 Å². The van der Waals surface area contributed by atoms with Gasteiger partial charge in [-0.1, -0.05) is 41.9 Å². The Labute approximate surface area is 196 Å². The van der Waals surface area contributed by atoms with Crippen molar-refractivity contribution in [3.8, 4) is 5.75 Å². The second-order valence-corrected chi connectivity index (χ2v) is 8.16. The number of aryl methyl sites for hydroxylation is 1. The van der Waals surface area contributed by atoms with E-state index in [2.05, 4.69) is 5.32 Å². The van der Waals surface area contributed by atoms with E-state index in [9.17, 15) is 14.0 Å². The number of carbonyl (C=O) groups is 2. The standard InChI is InChI=1S/C26H22ClFN2O3/c1-16-3-12-22(33-2)21(15-16)29-24-23(18-6-10-20(28)11-7-18)25(31)30(26(24)32)14-13-17-4-8-19(27)9-5-17/h3-12,15,29H,13-14H2,1-2H3. The average molecular weight is 465 g/mol. The maximum Gasteiger partial charge on any atom is 0.278 e. The maximum atomic E-state index is 13.5. The summed E-state index contributed by atoms with van der Waals surface area (Å²) in [6.45, 7) is 2.11. The van der Waals surface area contributed by atoms with E-state index in [1.54, 1.807) is 18.2 Å². The largest absolute Gasteiger partial charge is 0.495 e. The highest BCUT2D eigenvalue weighted by Gasteiger charge is 2.39. The van der Waals surface area contributed by atoms with E-state index in [4.69, 9.17) is 16.3 Å². The summed E-state index contributed by atoms with van der Waals surface area (Å²) in [6.07, 6.45) is 0.479. The van der Waals surface area contributed by atoms with Gasteiger partial charge in [0.2, 0.25) is 0 Å². The van der Waals surface area contributed by atoms with Crippen LogP contribution in [-0.2, 0) is 16.0 Å². The number of imide groups is 1. The fourth-order valence-corrected chi connectivity index (χ4v) is 3.85. The lowest BCUT2D eigenvalue weighted by atomic mass is 10.0. The molecule has 5 nitrogen and oxygen atoms in total. The highest BCUT2D eigenvalue weighted by Crippen LogP contribution is 2.34. The van der Waals surface area contributed by atoms with Gasteiger partial charge >= 0.3 is 0 Å². The second kappa shape index (κ2) is 9.46. The van der Waals surface area contributed by atoms with Crippen LogP contribution < -0.4 is 10.1 Å². The molecule has 0 spiro atoms. The number of anilines is 1. The maximum absolute atomic E-state index is 13.5. The molecule has 3 aromatic carbocycles. The number of nitrogens with zero attached hydrogens (tertiary/aromatic N) is 1. The van der Waals surface area contributed by atoms with Gasteiger partial charge in [-0.3, -0.25) is 14.5 Å². The molecule has 0 atom stereocenters. The van der Waals surface area contributed by atoms with Gasteiger partial charge in [-0.2, -0.15) is 0 Å². The Morgan fingerprint density at radius 3 is 2.33 bits per heavy atom. The number of nitrogens with one attached hydrogen (secondary N) is 1. The van der Waals surface area contributed by atoms with Crippen LogP contribution in [0.25, 0.3) is 5.57 Å². The van der Waals surface area contributed by atoms with Crippen LogP contribution in [0.2, 0.25) is 5.02 Å². The SMILES string of the molecule is COc1ccc(C)cc1NC1=C(c2ccc(F)cc2)C(=O)N(CCc2ccc(Cl)cc2)C1=O. The third-order valence-electron chi connectivity index (χ3n) is 5.45. The highest BCUT2D eigenvalue weighted by molar-refractivity contribution is 6.36. The molecule has 4 rings (SSSR count). The summed E-state index contributed by atoms with van der Waals surface area (Å²) in [7, 11) is 1.53. The Balaban J connectivity index is 1.69. The zero-order chi connectivity index (χ0) is 23.5. The van der Waals surface area contributed by atoms with Gasteiger partial charge in [0, 0.05) is 11.6 Å². The van der Waals surface area contributed by atoms with Crippen LogP contribution in [0.3, 0.4) is 0 Å². The zero-order valence-electron chi connectivity index (χ0n) is 18.2. The van der Waals surface area contributed by atoms with Crippen LogP contribution in [0.5, 0.6) is 5.75 Å². The Kier molecular flexibility index (Phi) is 6.47. The molecule has 1 aliphatic heterocycles. The zero-order valence-corrected chi connectivity index (χ0v) is 18.9. The van der Waals surface area contributed by atoms with Crippen molar-refractivity contribution in [1.82, 2.24) is 4.90 Å². The Morgan fingerprint density at radius 2 is 1.67 bits per heavy atom. The monoisotopic (exact) mass is 464 g/mol. The van der Waals surface area contributed by atoms with Crippen LogP contribution in [0, 0.1) is 12.7 Å². The quantitative estimate of drug-likeness (QED) is 0.486. The van der Waals surface area contributed by atoms with Crippen molar-refractivity contribution in [3.05, 3.63) is 100.0 Å². The molecule has 7 heteroatoms. The molecule has 33 heavy (non-hydrogen) atoms. The number of ether oxygens (including phenoxy) is 1. The first-order valence-corrected chi connectivity index (χ1v) is 10.8. The lowest BCUT2D eigenvalue weighted by Gasteiger charge is -2.16. The van der Waals surface area contributed by atoms with Crippen molar-refractivity contribution in [3.63, 3.8) is 0 Å². The first-order chi connectivity index (χ1) is 15.9. The molecule has 0 saturated heterocycles. The van der Waals surface area contributed by atoms with E-state index >= 15 is 0 Å². The lowest BCUT2D eigenvalue weighted by molar-refractivity contribution is -0.136. The minimum atomic E-state index is -0.447. The molecule has 1 N–H and O–H groups in total. The minimum absolute atomic E-state index is 0.131. The molecule has 3 aromatic rings. The van der Waals surface area contributed by atoms with Gasteiger partial charge in [-0.05, 0) is 66.4 Å². The van der Waals surface area contributed by atoms with E-state index in [-0.39, 0.29) is 17.8 Å². The van der Waals surface area contributed by atoms with E-state index in [0.717, 1.165) is 11.1 Å². The third-order valence-corrected chi connectivity index (χ3v) is 5.70. The van der Waals surface area contributed by atoms with Crippen LogP contribution >= 0.6 is 11.6 Å². The number of hydrogen-bond acceptors (Lipinski definition) is 4. The summed E-state index contributed by atoms with van der Waals surface area (Å²) in [6, 6.07) is 18.3. The van der Waals surface area contributed by atoms with Gasteiger partial charge < -0.3 is 10.1 Å². The summed E-state index contributed by atoms with van der Waals surface area (Å²) >= 11 is 5.94. The number of benzene rings is 3. The highest BCUT2D eigenvalue weighted by atomic mass is 35.5. The van der Waals surface area contributed by atoms with Crippen LogP contribution in [0.4, 0.5) is 10.1 Å². The summed E-state index contributed by atoms with van der Waals surface area (Å²) < 4.78 is 18.9. The molecule has 0 bridgehead atoms. The van der Waals surface area contributed by atoms with Gasteiger partial charge in [-0.25, -0.2) is 4.39 Å². The van der Waals surface area contributed by atoms with Crippen molar-refractivity contribution < 1.29 is 18.7 Å². The number of methoxy groups -OCH3 is 1. The third kappa shape index (κ3) is 4.76. The normalized spacial score (nSPS) is 13.6. The number of hydrogen-bond donors (Lipinski definition) is 1. The summed E-state index contributed by atoms with van der Waals surface area (Å²) in [4.78, 5) is 27.9. The van der Waals surface area contributed by atoms with Crippen molar-refractivity contribution in [2.24, 2.45) is 0 Å². The fourth-order valence-electron chi connectivity index (χ4n) is 3.73. The molecule has 2 amide bonds.